The lowest BCUT2D eigenvalue weighted by molar-refractivity contribution is -0.110. The fourth-order valence-corrected chi connectivity index (χ4v) is 0.883. The van der Waals surface area contributed by atoms with E-state index < -0.39 is 0 Å². The molecule has 1 N–H and O–H groups in total. The zero-order valence-electron chi connectivity index (χ0n) is 5.52. The van der Waals surface area contributed by atoms with Gasteiger partial charge in [0.25, 0.3) is 0 Å². The van der Waals surface area contributed by atoms with Gasteiger partial charge >= 0.3 is 0 Å². The van der Waals surface area contributed by atoms with E-state index in [0.29, 0.717) is 6.61 Å². The first kappa shape index (κ1) is 6.55. The second-order valence-electron chi connectivity index (χ2n) is 2.48. The zero-order valence-corrected chi connectivity index (χ0v) is 5.52. The number of methoxy groups -OCH3 is 1. The minimum Gasteiger partial charge on any atom is -0.382 e. The Morgan fingerprint density at radius 3 is 2.78 bits per heavy atom. The van der Waals surface area contributed by atoms with E-state index in [9.17, 15) is 4.79 Å². The second-order valence-corrected chi connectivity index (χ2v) is 2.48. The zero-order chi connectivity index (χ0) is 6.74. The molecule has 52 valence electrons. The van der Waals surface area contributed by atoms with E-state index in [0.717, 1.165) is 19.3 Å². The van der Waals surface area contributed by atoms with E-state index >= 15 is 0 Å². The van der Waals surface area contributed by atoms with Gasteiger partial charge in [0.05, 0.1) is 12.1 Å². The van der Waals surface area contributed by atoms with Crippen LogP contribution in [-0.4, -0.2) is 25.7 Å². The molecular weight excluding hydrogens is 118 g/mol. The number of nitrogens with one attached hydrogen (secondary N) is 1. The Morgan fingerprint density at radius 2 is 2.44 bits per heavy atom. The molecule has 0 spiro atoms. The van der Waals surface area contributed by atoms with Crippen LogP contribution in [0.15, 0.2) is 0 Å². The molecule has 0 atom stereocenters. The fraction of sp³-hybridized carbons (Fsp3) is 0.833. The van der Waals surface area contributed by atoms with Gasteiger partial charge in [0.15, 0.2) is 0 Å². The molecular formula is C6H11NO2. The largest absolute Gasteiger partial charge is 0.382 e. The van der Waals surface area contributed by atoms with E-state index in [2.05, 4.69) is 5.32 Å². The maximum absolute atomic E-state index is 9.97. The van der Waals surface area contributed by atoms with Crippen molar-refractivity contribution in [1.82, 2.24) is 5.32 Å². The highest BCUT2D eigenvalue weighted by atomic mass is 16.5. The van der Waals surface area contributed by atoms with Crippen LogP contribution in [0.1, 0.15) is 12.8 Å². The van der Waals surface area contributed by atoms with Gasteiger partial charge in [-0.05, 0) is 12.8 Å². The van der Waals surface area contributed by atoms with Crippen LogP contribution in [0, 0.1) is 0 Å². The fourth-order valence-electron chi connectivity index (χ4n) is 0.883. The normalized spacial score (nSPS) is 21.0. The number of amides is 1. The summed E-state index contributed by atoms with van der Waals surface area (Å²) in [7, 11) is 1.65. The lowest BCUT2D eigenvalue weighted by Crippen LogP contribution is -2.34. The average Bonchev–Trinajstić information content (AvgIpc) is 2.51. The summed E-state index contributed by atoms with van der Waals surface area (Å²) in [6.45, 7) is 0.645. The van der Waals surface area contributed by atoms with Crippen molar-refractivity contribution in [3.63, 3.8) is 0 Å². The SMILES string of the molecule is COCC1(NC=O)CC1. The molecule has 0 unspecified atom stereocenters. The summed E-state index contributed by atoms with van der Waals surface area (Å²) in [5.74, 6) is 0. The van der Waals surface area contributed by atoms with Crippen molar-refractivity contribution in [3.05, 3.63) is 0 Å². The molecule has 0 aromatic carbocycles. The van der Waals surface area contributed by atoms with Gasteiger partial charge in [0.1, 0.15) is 0 Å². The monoisotopic (exact) mass is 129 g/mol. The molecule has 0 bridgehead atoms. The number of carbonyl (C=O) groups excluding carboxylic acids is 1. The first-order valence-corrected chi connectivity index (χ1v) is 3.03. The Kier molecular flexibility index (Phi) is 1.71. The van der Waals surface area contributed by atoms with Gasteiger partial charge in [-0.15, -0.1) is 0 Å². The third-order valence-electron chi connectivity index (χ3n) is 1.64. The number of hydrogen-bond acceptors (Lipinski definition) is 2. The summed E-state index contributed by atoms with van der Waals surface area (Å²) < 4.78 is 4.90. The van der Waals surface area contributed by atoms with E-state index in [1.165, 1.54) is 0 Å². The number of carbonyl (C=O) groups is 1. The van der Waals surface area contributed by atoms with Gasteiger partial charge in [-0.25, -0.2) is 0 Å². The summed E-state index contributed by atoms with van der Waals surface area (Å²) >= 11 is 0. The molecule has 1 amide bonds. The lowest BCUT2D eigenvalue weighted by Gasteiger charge is -2.10. The second kappa shape index (κ2) is 2.35. The Balaban J connectivity index is 2.24. The molecule has 3 nitrogen and oxygen atoms in total. The van der Waals surface area contributed by atoms with Crippen LogP contribution >= 0.6 is 0 Å². The van der Waals surface area contributed by atoms with Crippen LogP contribution in [0.25, 0.3) is 0 Å². The molecule has 0 aromatic rings. The summed E-state index contributed by atoms with van der Waals surface area (Å²) in [6, 6.07) is 0. The maximum atomic E-state index is 9.97. The Morgan fingerprint density at radius 1 is 1.78 bits per heavy atom. The van der Waals surface area contributed by atoms with Crippen molar-refractivity contribution >= 4 is 6.41 Å². The summed E-state index contributed by atoms with van der Waals surface area (Å²) in [5, 5.41) is 2.73. The molecule has 3 heteroatoms. The van der Waals surface area contributed by atoms with Crippen LogP contribution in [0.2, 0.25) is 0 Å². The molecule has 1 rings (SSSR count). The van der Waals surface area contributed by atoms with Gasteiger partial charge in [-0.2, -0.15) is 0 Å². The standard InChI is InChI=1S/C6H11NO2/c1-9-4-6(2-3-6)7-5-8/h5H,2-4H2,1H3,(H,7,8). The van der Waals surface area contributed by atoms with Gasteiger partial charge in [0, 0.05) is 7.11 Å². The molecule has 0 aliphatic heterocycles. The molecule has 9 heavy (non-hydrogen) atoms. The Bertz CT molecular complexity index is 110. The molecule has 1 fully saturated rings. The van der Waals surface area contributed by atoms with E-state index in [1.54, 1.807) is 7.11 Å². The van der Waals surface area contributed by atoms with Crippen molar-refractivity contribution in [2.75, 3.05) is 13.7 Å². The third-order valence-corrected chi connectivity index (χ3v) is 1.64. The molecule has 1 saturated carbocycles. The minimum atomic E-state index is 0.0104. The molecule has 1 aliphatic carbocycles. The third kappa shape index (κ3) is 1.42. The lowest BCUT2D eigenvalue weighted by atomic mass is 10.3. The van der Waals surface area contributed by atoms with Gasteiger partial charge < -0.3 is 10.1 Å². The molecule has 0 radical (unpaired) electrons. The molecule has 0 heterocycles. The van der Waals surface area contributed by atoms with Crippen molar-refractivity contribution in [2.24, 2.45) is 0 Å². The summed E-state index contributed by atoms with van der Waals surface area (Å²) in [6.07, 6.45) is 2.85. The highest BCUT2D eigenvalue weighted by Crippen LogP contribution is 2.34. The van der Waals surface area contributed by atoms with Crippen LogP contribution in [0.4, 0.5) is 0 Å². The quantitative estimate of drug-likeness (QED) is 0.539. The van der Waals surface area contributed by atoms with Crippen LogP contribution in [-0.2, 0) is 9.53 Å². The van der Waals surface area contributed by atoms with Crippen molar-refractivity contribution in [1.29, 1.82) is 0 Å². The van der Waals surface area contributed by atoms with Gasteiger partial charge in [0.2, 0.25) is 6.41 Å². The predicted octanol–water partition coefficient (Wildman–Crippen LogP) is -0.0886. The minimum absolute atomic E-state index is 0.0104. The maximum Gasteiger partial charge on any atom is 0.207 e. The number of ether oxygens (including phenoxy) is 1. The van der Waals surface area contributed by atoms with Gasteiger partial charge in [-0.3, -0.25) is 4.79 Å². The summed E-state index contributed by atoms with van der Waals surface area (Å²) in [4.78, 5) is 9.97. The summed E-state index contributed by atoms with van der Waals surface area (Å²) in [5.41, 5.74) is 0.0104. The van der Waals surface area contributed by atoms with Gasteiger partial charge in [-0.1, -0.05) is 0 Å². The number of hydrogen-bond donors (Lipinski definition) is 1. The van der Waals surface area contributed by atoms with Crippen LogP contribution in [0.5, 0.6) is 0 Å². The van der Waals surface area contributed by atoms with Crippen molar-refractivity contribution < 1.29 is 9.53 Å². The van der Waals surface area contributed by atoms with Crippen molar-refractivity contribution in [3.8, 4) is 0 Å². The van der Waals surface area contributed by atoms with E-state index in [4.69, 9.17) is 4.74 Å². The molecule has 0 saturated heterocycles. The topological polar surface area (TPSA) is 38.3 Å². The predicted molar refractivity (Wildman–Crippen MR) is 33.0 cm³/mol. The van der Waals surface area contributed by atoms with Crippen LogP contribution in [0.3, 0.4) is 0 Å². The highest BCUT2D eigenvalue weighted by Gasteiger charge is 2.42. The first-order valence-electron chi connectivity index (χ1n) is 3.03. The molecule has 1 aliphatic rings. The van der Waals surface area contributed by atoms with Crippen molar-refractivity contribution in [2.45, 2.75) is 18.4 Å². The van der Waals surface area contributed by atoms with E-state index in [-0.39, 0.29) is 5.54 Å². The Labute approximate surface area is 54.4 Å². The van der Waals surface area contributed by atoms with Crippen LogP contribution < -0.4 is 5.32 Å². The first-order chi connectivity index (χ1) is 4.33. The Hall–Kier alpha value is -0.570. The molecule has 0 aromatic heterocycles. The van der Waals surface area contributed by atoms with E-state index in [1.807, 2.05) is 0 Å². The highest BCUT2D eigenvalue weighted by molar-refractivity contribution is 5.49. The average molecular weight is 129 g/mol. The smallest absolute Gasteiger partial charge is 0.207 e. The number of rotatable bonds is 4.